The van der Waals surface area contributed by atoms with Crippen molar-refractivity contribution in [2.24, 2.45) is 5.92 Å². The Morgan fingerprint density at radius 2 is 2.14 bits per heavy atom. The summed E-state index contributed by atoms with van der Waals surface area (Å²) in [5, 5.41) is 0. The molecular formula is C15H24ClNO3S. The first-order chi connectivity index (χ1) is 9.98. The molecule has 0 spiro atoms. The van der Waals surface area contributed by atoms with Crippen molar-refractivity contribution in [2.45, 2.75) is 56.7 Å². The molecule has 4 nitrogen and oxygen atoms in total. The lowest BCUT2D eigenvalue weighted by Crippen LogP contribution is -2.32. The molecule has 2 rings (SSSR count). The molecule has 1 aliphatic rings. The zero-order valence-electron chi connectivity index (χ0n) is 12.8. The van der Waals surface area contributed by atoms with E-state index < -0.39 is 10.0 Å². The maximum Gasteiger partial charge on any atom is 0.246 e. The van der Waals surface area contributed by atoms with Crippen molar-refractivity contribution in [3.8, 4) is 0 Å². The molecule has 0 saturated carbocycles. The third-order valence-electron chi connectivity index (χ3n) is 4.18. The maximum atomic E-state index is 12.8. The lowest BCUT2D eigenvalue weighted by molar-refractivity contribution is 0.398. The van der Waals surface area contributed by atoms with Crippen molar-refractivity contribution in [3.05, 3.63) is 17.6 Å². The van der Waals surface area contributed by atoms with E-state index >= 15 is 0 Å². The van der Waals surface area contributed by atoms with Gasteiger partial charge in [-0.15, -0.1) is 11.6 Å². The predicted molar refractivity (Wildman–Crippen MR) is 84.0 cm³/mol. The molecule has 0 radical (unpaired) electrons. The average molecular weight is 334 g/mol. The summed E-state index contributed by atoms with van der Waals surface area (Å²) in [5.74, 6) is 1.78. The molecule has 2 heterocycles. The fraction of sp³-hybridized carbons (Fsp3) is 0.733. The molecule has 1 unspecified atom stereocenters. The number of aryl methyl sites for hydroxylation is 1. The van der Waals surface area contributed by atoms with E-state index in [1.165, 1.54) is 6.42 Å². The standard InChI is InChI=1S/C15H24ClNO3S/c1-3-5-13-6-4-8-17(9-7-13)21(18,19)15-10-14(11-16)20-12(15)2/h10,13H,3-9,11H2,1-2H3. The normalized spacial score (nSPS) is 21.4. The van der Waals surface area contributed by atoms with Crippen LogP contribution in [0.5, 0.6) is 0 Å². The Morgan fingerprint density at radius 3 is 2.76 bits per heavy atom. The van der Waals surface area contributed by atoms with Gasteiger partial charge in [0.1, 0.15) is 16.4 Å². The van der Waals surface area contributed by atoms with Crippen LogP contribution in [0.25, 0.3) is 0 Å². The van der Waals surface area contributed by atoms with Gasteiger partial charge in [-0.1, -0.05) is 19.8 Å². The van der Waals surface area contributed by atoms with Gasteiger partial charge in [0.2, 0.25) is 10.0 Å². The van der Waals surface area contributed by atoms with E-state index in [1.54, 1.807) is 17.3 Å². The first kappa shape index (κ1) is 16.8. The van der Waals surface area contributed by atoms with E-state index in [0.717, 1.165) is 25.7 Å². The molecule has 1 aromatic rings. The zero-order chi connectivity index (χ0) is 15.5. The minimum absolute atomic E-state index is 0.189. The van der Waals surface area contributed by atoms with Crippen LogP contribution < -0.4 is 0 Å². The molecular weight excluding hydrogens is 310 g/mol. The number of nitrogens with zero attached hydrogens (tertiary/aromatic N) is 1. The van der Waals surface area contributed by atoms with Crippen LogP contribution in [0, 0.1) is 12.8 Å². The molecule has 6 heteroatoms. The molecule has 1 saturated heterocycles. The zero-order valence-corrected chi connectivity index (χ0v) is 14.3. The van der Waals surface area contributed by atoms with Crippen molar-refractivity contribution < 1.29 is 12.8 Å². The number of furan rings is 1. The van der Waals surface area contributed by atoms with Crippen LogP contribution in [0.3, 0.4) is 0 Å². The van der Waals surface area contributed by atoms with Crippen LogP contribution in [0.15, 0.2) is 15.4 Å². The highest BCUT2D eigenvalue weighted by atomic mass is 35.5. The van der Waals surface area contributed by atoms with Gasteiger partial charge in [-0.2, -0.15) is 4.31 Å². The second-order valence-electron chi connectivity index (χ2n) is 5.76. The Balaban J connectivity index is 2.17. The Hall–Kier alpha value is -0.520. The van der Waals surface area contributed by atoms with Crippen molar-refractivity contribution in [1.82, 2.24) is 4.31 Å². The molecule has 1 fully saturated rings. The Morgan fingerprint density at radius 1 is 1.38 bits per heavy atom. The van der Waals surface area contributed by atoms with Crippen LogP contribution in [-0.4, -0.2) is 25.8 Å². The van der Waals surface area contributed by atoms with E-state index in [2.05, 4.69) is 6.92 Å². The van der Waals surface area contributed by atoms with Crippen molar-refractivity contribution in [1.29, 1.82) is 0 Å². The van der Waals surface area contributed by atoms with Crippen molar-refractivity contribution in [2.75, 3.05) is 13.1 Å². The smallest absolute Gasteiger partial charge is 0.246 e. The summed E-state index contributed by atoms with van der Waals surface area (Å²) < 4.78 is 32.6. The number of sulfonamides is 1. The number of alkyl halides is 1. The third kappa shape index (κ3) is 3.82. The highest BCUT2D eigenvalue weighted by Crippen LogP contribution is 2.28. The van der Waals surface area contributed by atoms with Crippen LogP contribution in [0.2, 0.25) is 0 Å². The summed E-state index contributed by atoms with van der Waals surface area (Å²) in [6.45, 7) is 5.07. The van der Waals surface area contributed by atoms with Gasteiger partial charge in [0.25, 0.3) is 0 Å². The molecule has 0 aliphatic carbocycles. The van der Waals surface area contributed by atoms with Crippen molar-refractivity contribution >= 4 is 21.6 Å². The van der Waals surface area contributed by atoms with E-state index in [-0.39, 0.29) is 10.8 Å². The first-order valence-corrected chi connectivity index (χ1v) is 9.62. The molecule has 21 heavy (non-hydrogen) atoms. The van der Waals surface area contributed by atoms with Gasteiger partial charge in [0.15, 0.2) is 0 Å². The quantitative estimate of drug-likeness (QED) is 0.767. The van der Waals surface area contributed by atoms with Crippen molar-refractivity contribution in [3.63, 3.8) is 0 Å². The van der Waals surface area contributed by atoms with Gasteiger partial charge >= 0.3 is 0 Å². The van der Waals surface area contributed by atoms with Crippen LogP contribution in [-0.2, 0) is 15.9 Å². The fourth-order valence-corrected chi connectivity index (χ4v) is 4.87. The highest BCUT2D eigenvalue weighted by Gasteiger charge is 2.30. The van der Waals surface area contributed by atoms with Gasteiger partial charge in [-0.05, 0) is 32.1 Å². The Bertz CT molecular complexity index is 567. The lowest BCUT2D eigenvalue weighted by atomic mass is 9.96. The van der Waals surface area contributed by atoms with E-state index in [4.69, 9.17) is 16.0 Å². The summed E-state index contributed by atoms with van der Waals surface area (Å²) in [4.78, 5) is 0.270. The molecule has 0 bridgehead atoms. The number of halogens is 1. The van der Waals surface area contributed by atoms with Crippen LogP contribution >= 0.6 is 11.6 Å². The summed E-state index contributed by atoms with van der Waals surface area (Å²) in [7, 11) is -3.46. The first-order valence-electron chi connectivity index (χ1n) is 7.64. The topological polar surface area (TPSA) is 50.5 Å². The molecule has 1 atom stereocenters. The van der Waals surface area contributed by atoms with Gasteiger partial charge in [0, 0.05) is 19.2 Å². The minimum atomic E-state index is -3.46. The van der Waals surface area contributed by atoms with Gasteiger partial charge in [0.05, 0.1) is 5.88 Å². The minimum Gasteiger partial charge on any atom is -0.464 e. The summed E-state index contributed by atoms with van der Waals surface area (Å²) >= 11 is 5.73. The molecule has 1 aromatic heterocycles. The molecule has 0 amide bonds. The Kier molecular flexibility index (Phi) is 5.74. The third-order valence-corrected chi connectivity index (χ3v) is 6.45. The second kappa shape index (κ2) is 7.16. The molecule has 0 N–H and O–H groups in total. The van der Waals surface area contributed by atoms with E-state index in [0.29, 0.717) is 30.5 Å². The number of rotatable bonds is 5. The highest BCUT2D eigenvalue weighted by molar-refractivity contribution is 7.89. The largest absolute Gasteiger partial charge is 0.464 e. The summed E-state index contributed by atoms with van der Waals surface area (Å²) in [6, 6.07) is 1.56. The van der Waals surface area contributed by atoms with E-state index in [1.807, 2.05) is 0 Å². The SMILES string of the molecule is CCCC1CCCN(S(=O)(=O)c2cc(CCl)oc2C)CC1. The number of hydrogen-bond donors (Lipinski definition) is 0. The average Bonchev–Trinajstić information content (AvgIpc) is 2.68. The fourth-order valence-electron chi connectivity index (χ4n) is 3.06. The predicted octanol–water partition coefficient (Wildman–Crippen LogP) is 3.92. The Labute approximate surface area is 132 Å². The molecule has 1 aliphatic heterocycles. The maximum absolute atomic E-state index is 12.8. The van der Waals surface area contributed by atoms with Gasteiger partial charge in [-0.25, -0.2) is 8.42 Å². The van der Waals surface area contributed by atoms with Gasteiger partial charge < -0.3 is 4.42 Å². The summed E-state index contributed by atoms with van der Waals surface area (Å²) in [5.41, 5.74) is 0. The monoisotopic (exact) mass is 333 g/mol. The van der Waals surface area contributed by atoms with E-state index in [9.17, 15) is 8.42 Å². The molecule has 120 valence electrons. The van der Waals surface area contributed by atoms with Gasteiger partial charge in [-0.3, -0.25) is 0 Å². The van der Waals surface area contributed by atoms with Crippen LogP contribution in [0.4, 0.5) is 0 Å². The number of hydrogen-bond acceptors (Lipinski definition) is 3. The van der Waals surface area contributed by atoms with Crippen LogP contribution in [0.1, 0.15) is 50.5 Å². The lowest BCUT2D eigenvalue weighted by Gasteiger charge is -2.19. The molecule has 0 aromatic carbocycles. The second-order valence-corrected chi connectivity index (χ2v) is 7.93. The summed E-state index contributed by atoms with van der Waals surface area (Å²) in [6.07, 6.45) is 5.36.